The Morgan fingerprint density at radius 2 is 2.06 bits per heavy atom. The summed E-state index contributed by atoms with van der Waals surface area (Å²) in [6, 6.07) is 12.8. The predicted molar refractivity (Wildman–Crippen MR) is 130 cm³/mol. The highest BCUT2D eigenvalue weighted by atomic mass is 35.5. The zero-order valence-corrected chi connectivity index (χ0v) is 19.8. The topological polar surface area (TPSA) is 71.0 Å². The second-order valence-electron chi connectivity index (χ2n) is 7.72. The van der Waals surface area contributed by atoms with Crippen LogP contribution in [-0.4, -0.2) is 46.4 Å². The largest absolute Gasteiger partial charge is 0.376 e. The number of para-hydroxylation sites is 1. The van der Waals surface area contributed by atoms with Crippen LogP contribution in [-0.2, 0) is 14.3 Å². The normalized spacial score (nSPS) is 22.0. The van der Waals surface area contributed by atoms with E-state index in [9.17, 15) is 9.59 Å². The third kappa shape index (κ3) is 5.29. The quantitative estimate of drug-likeness (QED) is 0.583. The number of aryl methyl sites for hydroxylation is 1. The molecule has 0 spiro atoms. The molecule has 0 aliphatic carbocycles. The van der Waals surface area contributed by atoms with Crippen molar-refractivity contribution in [2.45, 2.75) is 37.5 Å². The van der Waals surface area contributed by atoms with E-state index in [-0.39, 0.29) is 29.4 Å². The van der Waals surface area contributed by atoms with Crippen molar-refractivity contribution in [2.24, 2.45) is 4.99 Å². The molecule has 0 saturated carbocycles. The number of carbonyl (C=O) groups excluding carboxylic acids is 2. The van der Waals surface area contributed by atoms with Crippen LogP contribution in [0.3, 0.4) is 0 Å². The highest BCUT2D eigenvalue weighted by Gasteiger charge is 2.40. The smallest absolute Gasteiger partial charge is 0.242 e. The predicted octanol–water partition coefficient (Wildman–Crippen LogP) is 5.44. The van der Waals surface area contributed by atoms with Crippen LogP contribution in [0.4, 0.5) is 11.4 Å². The summed E-state index contributed by atoms with van der Waals surface area (Å²) in [7, 11) is 0. The van der Waals surface area contributed by atoms with Gasteiger partial charge in [-0.2, -0.15) is 0 Å². The fraction of sp³-hybridized carbons (Fsp3) is 0.348. The van der Waals surface area contributed by atoms with Crippen molar-refractivity contribution in [1.82, 2.24) is 4.90 Å². The number of benzene rings is 2. The summed E-state index contributed by atoms with van der Waals surface area (Å²) in [5.74, 6) is -0.445. The van der Waals surface area contributed by atoms with Crippen LogP contribution in [0.25, 0.3) is 0 Å². The first-order valence-electron chi connectivity index (χ1n) is 10.4. The van der Waals surface area contributed by atoms with Crippen LogP contribution >= 0.6 is 35.0 Å². The van der Waals surface area contributed by atoms with Crippen LogP contribution in [0.2, 0.25) is 10.0 Å². The van der Waals surface area contributed by atoms with Gasteiger partial charge < -0.3 is 10.1 Å². The van der Waals surface area contributed by atoms with E-state index in [2.05, 4.69) is 5.32 Å². The minimum Gasteiger partial charge on any atom is -0.376 e. The molecule has 0 radical (unpaired) electrons. The monoisotopic (exact) mass is 491 g/mol. The van der Waals surface area contributed by atoms with Crippen molar-refractivity contribution in [1.29, 1.82) is 0 Å². The summed E-state index contributed by atoms with van der Waals surface area (Å²) >= 11 is 13.5. The Morgan fingerprint density at radius 1 is 1.25 bits per heavy atom. The van der Waals surface area contributed by atoms with Gasteiger partial charge in [0, 0.05) is 13.0 Å². The standard InChI is InChI=1S/C23H23Cl2N3O3S/c1-14-6-2-3-9-17(14)27-23-28(13-15-7-5-11-31-15)22(30)19(32-23)12-20(29)26-18-10-4-8-16(24)21(18)25/h2-4,6,8-10,15,19H,5,7,11-13H2,1H3,(H,26,29). The zero-order chi connectivity index (χ0) is 22.7. The number of ether oxygens (including phenoxy) is 1. The number of rotatable bonds is 6. The van der Waals surface area contributed by atoms with E-state index in [0.29, 0.717) is 29.0 Å². The number of hydrogen-bond donors (Lipinski definition) is 1. The molecule has 6 nitrogen and oxygen atoms in total. The Labute approximate surface area is 201 Å². The molecule has 2 aromatic carbocycles. The maximum absolute atomic E-state index is 13.2. The van der Waals surface area contributed by atoms with Gasteiger partial charge in [0.15, 0.2) is 5.17 Å². The molecule has 1 N–H and O–H groups in total. The number of amides is 2. The van der Waals surface area contributed by atoms with Gasteiger partial charge in [-0.3, -0.25) is 14.5 Å². The molecule has 0 bridgehead atoms. The van der Waals surface area contributed by atoms with E-state index in [4.69, 9.17) is 32.9 Å². The van der Waals surface area contributed by atoms with Crippen molar-refractivity contribution in [3.05, 3.63) is 58.1 Å². The van der Waals surface area contributed by atoms with E-state index in [1.807, 2.05) is 31.2 Å². The molecule has 2 saturated heterocycles. The summed E-state index contributed by atoms with van der Waals surface area (Å²) in [5.41, 5.74) is 2.24. The second-order valence-corrected chi connectivity index (χ2v) is 9.68. The summed E-state index contributed by atoms with van der Waals surface area (Å²) in [6.45, 7) is 3.12. The van der Waals surface area contributed by atoms with Gasteiger partial charge in [-0.1, -0.05) is 59.2 Å². The van der Waals surface area contributed by atoms with E-state index in [1.54, 1.807) is 23.1 Å². The van der Waals surface area contributed by atoms with Crippen molar-refractivity contribution >= 4 is 63.3 Å². The molecule has 2 atom stereocenters. The van der Waals surface area contributed by atoms with Gasteiger partial charge in [0.25, 0.3) is 0 Å². The van der Waals surface area contributed by atoms with Crippen LogP contribution in [0.15, 0.2) is 47.5 Å². The Kier molecular flexibility index (Phi) is 7.40. The number of nitrogens with one attached hydrogen (secondary N) is 1. The summed E-state index contributed by atoms with van der Waals surface area (Å²) in [6.07, 6.45) is 1.88. The van der Waals surface area contributed by atoms with E-state index >= 15 is 0 Å². The van der Waals surface area contributed by atoms with Gasteiger partial charge in [0.05, 0.1) is 34.1 Å². The maximum Gasteiger partial charge on any atom is 0.242 e. The molecule has 2 aliphatic heterocycles. The molecular formula is C23H23Cl2N3O3S. The number of thioether (sulfide) groups is 1. The summed E-state index contributed by atoms with van der Waals surface area (Å²) < 4.78 is 5.74. The third-order valence-electron chi connectivity index (χ3n) is 5.36. The van der Waals surface area contributed by atoms with Crippen LogP contribution in [0, 0.1) is 6.92 Å². The molecule has 32 heavy (non-hydrogen) atoms. The lowest BCUT2D eigenvalue weighted by Gasteiger charge is -2.20. The van der Waals surface area contributed by atoms with Crippen molar-refractivity contribution in [3.8, 4) is 0 Å². The Balaban J connectivity index is 1.52. The molecule has 4 rings (SSSR count). The minimum absolute atomic E-state index is 0.00115. The molecule has 9 heteroatoms. The molecule has 2 fully saturated rings. The van der Waals surface area contributed by atoms with Gasteiger partial charge in [0.1, 0.15) is 5.25 Å². The number of halogens is 2. The minimum atomic E-state index is -0.572. The van der Waals surface area contributed by atoms with Gasteiger partial charge in [0.2, 0.25) is 11.8 Å². The van der Waals surface area contributed by atoms with E-state index in [0.717, 1.165) is 24.1 Å². The number of amidine groups is 1. The lowest BCUT2D eigenvalue weighted by atomic mass is 10.2. The molecule has 2 heterocycles. The first-order valence-corrected chi connectivity index (χ1v) is 12.0. The maximum atomic E-state index is 13.2. The molecule has 2 unspecified atom stereocenters. The average Bonchev–Trinajstić information content (AvgIpc) is 3.37. The second kappa shape index (κ2) is 10.3. The first kappa shape index (κ1) is 23.1. The lowest BCUT2D eigenvalue weighted by Crippen LogP contribution is -2.38. The first-order chi connectivity index (χ1) is 15.4. The van der Waals surface area contributed by atoms with Gasteiger partial charge in [-0.05, 0) is 43.5 Å². The van der Waals surface area contributed by atoms with Gasteiger partial charge >= 0.3 is 0 Å². The molecule has 0 aromatic heterocycles. The lowest BCUT2D eigenvalue weighted by molar-refractivity contribution is -0.129. The third-order valence-corrected chi connectivity index (χ3v) is 7.35. The molecule has 2 aliphatic rings. The fourth-order valence-electron chi connectivity index (χ4n) is 3.65. The number of anilines is 1. The van der Waals surface area contributed by atoms with Crippen LogP contribution in [0.1, 0.15) is 24.8 Å². The SMILES string of the molecule is Cc1ccccc1N=C1SC(CC(=O)Nc2cccc(Cl)c2Cl)C(=O)N1CC1CCCO1. The number of hydrogen-bond acceptors (Lipinski definition) is 5. The van der Waals surface area contributed by atoms with Gasteiger partial charge in [-0.15, -0.1) is 0 Å². The fourth-order valence-corrected chi connectivity index (χ4v) is 5.15. The Morgan fingerprint density at radius 3 is 2.81 bits per heavy atom. The van der Waals surface area contributed by atoms with E-state index in [1.165, 1.54) is 11.8 Å². The molecule has 168 valence electrons. The highest BCUT2D eigenvalue weighted by Crippen LogP contribution is 2.34. The highest BCUT2D eigenvalue weighted by molar-refractivity contribution is 8.15. The van der Waals surface area contributed by atoms with Gasteiger partial charge in [-0.25, -0.2) is 4.99 Å². The number of aliphatic imine (C=N–C) groups is 1. The summed E-state index contributed by atoms with van der Waals surface area (Å²) in [5, 5.41) is 3.41. The summed E-state index contributed by atoms with van der Waals surface area (Å²) in [4.78, 5) is 32.3. The van der Waals surface area contributed by atoms with Crippen LogP contribution < -0.4 is 5.32 Å². The van der Waals surface area contributed by atoms with Crippen molar-refractivity contribution < 1.29 is 14.3 Å². The van der Waals surface area contributed by atoms with Crippen molar-refractivity contribution in [3.63, 3.8) is 0 Å². The number of nitrogens with zero attached hydrogens (tertiary/aromatic N) is 2. The Bertz CT molecular complexity index is 1060. The van der Waals surface area contributed by atoms with Crippen molar-refractivity contribution in [2.75, 3.05) is 18.5 Å². The zero-order valence-electron chi connectivity index (χ0n) is 17.5. The molecular weight excluding hydrogens is 469 g/mol. The Hall–Kier alpha value is -2.06. The molecule has 2 aromatic rings. The average molecular weight is 492 g/mol. The number of carbonyl (C=O) groups is 2. The van der Waals surface area contributed by atoms with E-state index < -0.39 is 5.25 Å². The molecule has 2 amide bonds. The van der Waals surface area contributed by atoms with Crippen LogP contribution in [0.5, 0.6) is 0 Å².